The van der Waals surface area contributed by atoms with Gasteiger partial charge in [-0.15, -0.1) is 0 Å². The second-order valence-electron chi connectivity index (χ2n) is 5.22. The van der Waals surface area contributed by atoms with E-state index < -0.39 is 12.0 Å². The summed E-state index contributed by atoms with van der Waals surface area (Å²) in [4.78, 5) is 13.4. The highest BCUT2D eigenvalue weighted by Crippen LogP contribution is 2.23. The molecule has 1 aromatic carbocycles. The molecular formula is C15H21NO3. The van der Waals surface area contributed by atoms with Crippen LogP contribution in [0.2, 0.25) is 0 Å². The zero-order valence-corrected chi connectivity index (χ0v) is 11.5. The van der Waals surface area contributed by atoms with Crippen LogP contribution >= 0.6 is 0 Å². The van der Waals surface area contributed by atoms with Crippen LogP contribution in [0.15, 0.2) is 24.3 Å². The molecule has 1 aromatic rings. The Morgan fingerprint density at radius 3 is 2.74 bits per heavy atom. The van der Waals surface area contributed by atoms with E-state index in [1.54, 1.807) is 0 Å². The molecule has 1 aliphatic rings. The number of rotatable bonds is 5. The molecule has 1 heterocycles. The van der Waals surface area contributed by atoms with Crippen LogP contribution in [0.3, 0.4) is 0 Å². The topological polar surface area (TPSA) is 49.8 Å². The van der Waals surface area contributed by atoms with Gasteiger partial charge in [0.05, 0.1) is 12.7 Å². The molecule has 1 aliphatic heterocycles. The minimum Gasteiger partial charge on any atom is -0.480 e. The first-order chi connectivity index (χ1) is 9.08. The van der Waals surface area contributed by atoms with Crippen molar-refractivity contribution in [3.8, 4) is 0 Å². The van der Waals surface area contributed by atoms with Crippen LogP contribution in [0.1, 0.15) is 25.0 Å². The van der Waals surface area contributed by atoms with Crippen molar-refractivity contribution in [1.29, 1.82) is 0 Å². The van der Waals surface area contributed by atoms with Gasteiger partial charge in [-0.3, -0.25) is 9.69 Å². The van der Waals surface area contributed by atoms with E-state index in [4.69, 9.17) is 4.74 Å². The highest BCUT2D eigenvalue weighted by Gasteiger charge is 2.30. The Bertz CT molecular complexity index is 445. The van der Waals surface area contributed by atoms with E-state index in [1.165, 1.54) is 5.56 Å². The lowest BCUT2D eigenvalue weighted by atomic mass is 9.94. The molecule has 1 atom stereocenters. The number of hydrogen-bond acceptors (Lipinski definition) is 3. The lowest BCUT2D eigenvalue weighted by Crippen LogP contribution is -2.46. The fourth-order valence-corrected chi connectivity index (χ4v) is 2.46. The van der Waals surface area contributed by atoms with Gasteiger partial charge in [0.15, 0.2) is 0 Å². The average molecular weight is 263 g/mol. The molecule has 4 nitrogen and oxygen atoms in total. The summed E-state index contributed by atoms with van der Waals surface area (Å²) in [6.07, 6.45) is 0.757. The second-order valence-corrected chi connectivity index (χ2v) is 5.22. The molecule has 104 valence electrons. The Labute approximate surface area is 114 Å². The van der Waals surface area contributed by atoms with E-state index in [1.807, 2.05) is 36.9 Å². The van der Waals surface area contributed by atoms with Crippen LogP contribution in [0.4, 0.5) is 0 Å². The van der Waals surface area contributed by atoms with Crippen molar-refractivity contribution >= 4 is 5.97 Å². The van der Waals surface area contributed by atoms with Crippen molar-refractivity contribution in [3.63, 3.8) is 0 Å². The normalized spacial score (nSPS) is 19.4. The number of benzene rings is 1. The monoisotopic (exact) mass is 263 g/mol. The quantitative estimate of drug-likeness (QED) is 0.882. The van der Waals surface area contributed by atoms with Gasteiger partial charge in [-0.2, -0.15) is 0 Å². The van der Waals surface area contributed by atoms with E-state index in [2.05, 4.69) is 6.07 Å². The van der Waals surface area contributed by atoms with E-state index in [-0.39, 0.29) is 6.10 Å². The summed E-state index contributed by atoms with van der Waals surface area (Å²) < 4.78 is 5.53. The molecule has 0 fully saturated rings. The zero-order valence-electron chi connectivity index (χ0n) is 11.5. The van der Waals surface area contributed by atoms with E-state index >= 15 is 0 Å². The largest absolute Gasteiger partial charge is 0.480 e. The van der Waals surface area contributed by atoms with Crippen molar-refractivity contribution in [2.45, 2.75) is 39.0 Å². The number of hydrogen-bond donors (Lipinski definition) is 1. The number of carbonyl (C=O) groups is 1. The van der Waals surface area contributed by atoms with Crippen molar-refractivity contribution in [1.82, 2.24) is 4.90 Å². The maximum absolute atomic E-state index is 11.4. The van der Waals surface area contributed by atoms with Gasteiger partial charge in [0.2, 0.25) is 0 Å². The predicted molar refractivity (Wildman–Crippen MR) is 73.1 cm³/mol. The minimum absolute atomic E-state index is 0.181. The molecule has 0 saturated heterocycles. The van der Waals surface area contributed by atoms with Crippen molar-refractivity contribution in [3.05, 3.63) is 35.4 Å². The first kappa shape index (κ1) is 14.0. The second kappa shape index (κ2) is 6.17. The Morgan fingerprint density at radius 1 is 1.42 bits per heavy atom. The molecule has 0 spiro atoms. The summed E-state index contributed by atoms with van der Waals surface area (Å²) in [6, 6.07) is 7.63. The third-order valence-corrected chi connectivity index (χ3v) is 3.46. The van der Waals surface area contributed by atoms with Gasteiger partial charge >= 0.3 is 5.97 Å². The van der Waals surface area contributed by atoms with Crippen LogP contribution in [0.5, 0.6) is 0 Å². The third kappa shape index (κ3) is 3.55. The van der Waals surface area contributed by atoms with Crippen molar-refractivity contribution < 1.29 is 14.6 Å². The first-order valence-electron chi connectivity index (χ1n) is 6.73. The number of fused-ring (bicyclic) bond motifs is 1. The van der Waals surface area contributed by atoms with Crippen molar-refractivity contribution in [2.24, 2.45) is 0 Å². The van der Waals surface area contributed by atoms with Gasteiger partial charge < -0.3 is 9.84 Å². The van der Waals surface area contributed by atoms with Crippen LogP contribution in [-0.2, 0) is 22.5 Å². The SMILES string of the molecule is CC(C)OCCN1Cc2ccccc2CC1C(=O)O. The highest BCUT2D eigenvalue weighted by molar-refractivity contribution is 5.74. The predicted octanol–water partition coefficient (Wildman–Crippen LogP) is 1.92. The average Bonchev–Trinajstić information content (AvgIpc) is 2.37. The van der Waals surface area contributed by atoms with E-state index in [0.29, 0.717) is 26.1 Å². The van der Waals surface area contributed by atoms with E-state index in [9.17, 15) is 9.90 Å². The molecule has 0 saturated carbocycles. The smallest absolute Gasteiger partial charge is 0.321 e. The summed E-state index contributed by atoms with van der Waals surface area (Å²) in [6.45, 7) is 5.89. The Balaban J connectivity index is 2.06. The molecule has 0 bridgehead atoms. The Hall–Kier alpha value is -1.39. The summed E-state index contributed by atoms with van der Waals surface area (Å²) in [5, 5.41) is 9.36. The summed E-state index contributed by atoms with van der Waals surface area (Å²) >= 11 is 0. The van der Waals surface area contributed by atoms with Gasteiger partial charge in [-0.25, -0.2) is 0 Å². The maximum Gasteiger partial charge on any atom is 0.321 e. The lowest BCUT2D eigenvalue weighted by molar-refractivity contribution is -0.144. The lowest BCUT2D eigenvalue weighted by Gasteiger charge is -2.34. The zero-order chi connectivity index (χ0) is 13.8. The molecule has 0 aromatic heterocycles. The van der Waals surface area contributed by atoms with Gasteiger partial charge in [0.25, 0.3) is 0 Å². The first-order valence-corrected chi connectivity index (χ1v) is 6.73. The number of nitrogens with zero attached hydrogens (tertiary/aromatic N) is 1. The molecule has 2 rings (SSSR count). The van der Waals surface area contributed by atoms with Crippen LogP contribution in [-0.4, -0.2) is 41.3 Å². The molecule has 4 heteroatoms. The number of carboxylic acid groups (broad SMARTS) is 1. The molecular weight excluding hydrogens is 242 g/mol. The summed E-state index contributed by atoms with van der Waals surface area (Å²) in [7, 11) is 0. The van der Waals surface area contributed by atoms with Gasteiger partial charge in [0.1, 0.15) is 6.04 Å². The molecule has 1 unspecified atom stereocenters. The van der Waals surface area contributed by atoms with Gasteiger partial charge in [-0.1, -0.05) is 24.3 Å². The van der Waals surface area contributed by atoms with Crippen molar-refractivity contribution in [2.75, 3.05) is 13.2 Å². The number of aliphatic carboxylic acids is 1. The number of carboxylic acids is 1. The standard InChI is InChI=1S/C15H21NO3/c1-11(2)19-8-7-16-10-13-6-4-3-5-12(13)9-14(16)15(17)18/h3-6,11,14H,7-10H2,1-2H3,(H,17,18). The number of ether oxygens (including phenoxy) is 1. The Morgan fingerprint density at radius 2 is 2.11 bits per heavy atom. The Kier molecular flexibility index (Phi) is 4.56. The van der Waals surface area contributed by atoms with E-state index in [0.717, 1.165) is 5.56 Å². The third-order valence-electron chi connectivity index (χ3n) is 3.46. The molecule has 1 N–H and O–H groups in total. The summed E-state index contributed by atoms with van der Waals surface area (Å²) in [5.74, 6) is -0.751. The molecule has 0 amide bonds. The fourth-order valence-electron chi connectivity index (χ4n) is 2.46. The minimum atomic E-state index is -0.751. The molecule has 0 aliphatic carbocycles. The summed E-state index contributed by atoms with van der Waals surface area (Å²) in [5.41, 5.74) is 2.38. The maximum atomic E-state index is 11.4. The van der Waals surface area contributed by atoms with Crippen LogP contribution in [0, 0.1) is 0 Å². The fraction of sp³-hybridized carbons (Fsp3) is 0.533. The molecule has 19 heavy (non-hydrogen) atoms. The van der Waals surface area contributed by atoms with Crippen LogP contribution < -0.4 is 0 Å². The highest BCUT2D eigenvalue weighted by atomic mass is 16.5. The van der Waals surface area contributed by atoms with Gasteiger partial charge in [0, 0.05) is 13.1 Å². The van der Waals surface area contributed by atoms with Gasteiger partial charge in [-0.05, 0) is 31.4 Å². The molecule has 0 radical (unpaired) electrons. The van der Waals surface area contributed by atoms with Crippen LogP contribution in [0.25, 0.3) is 0 Å².